The van der Waals surface area contributed by atoms with Gasteiger partial charge >= 0.3 is 0 Å². The third kappa shape index (κ3) is 4.37. The Balaban J connectivity index is 2.40. The summed E-state index contributed by atoms with van der Waals surface area (Å²) >= 11 is 5.75. The molecule has 1 unspecified atom stereocenters. The normalized spacial score (nSPS) is 11.9. The molecule has 1 aromatic rings. The summed E-state index contributed by atoms with van der Waals surface area (Å²) in [5.74, 6) is 0.245. The molecule has 1 heterocycles. The molecule has 0 bridgehead atoms. The van der Waals surface area contributed by atoms with Crippen molar-refractivity contribution in [1.29, 1.82) is 0 Å². The number of hydrogen-bond acceptors (Lipinski definition) is 4. The molecule has 1 amide bonds. The van der Waals surface area contributed by atoms with Crippen LogP contribution < -0.4 is 16.2 Å². The van der Waals surface area contributed by atoms with Crippen molar-refractivity contribution in [2.75, 3.05) is 11.9 Å². The fraction of sp³-hybridized carbons (Fsp3) is 0.545. The van der Waals surface area contributed by atoms with Gasteiger partial charge < -0.3 is 15.6 Å². The number of halogens is 1. The van der Waals surface area contributed by atoms with Gasteiger partial charge in [-0.15, -0.1) is 0 Å². The summed E-state index contributed by atoms with van der Waals surface area (Å²) < 4.78 is 0. The van der Waals surface area contributed by atoms with E-state index in [2.05, 4.69) is 20.6 Å². The molecule has 3 N–H and O–H groups in total. The van der Waals surface area contributed by atoms with Gasteiger partial charge in [-0.05, 0) is 13.3 Å². The first kappa shape index (κ1) is 14.5. The first-order valence-electron chi connectivity index (χ1n) is 5.81. The Labute approximate surface area is 110 Å². The topological polar surface area (TPSA) is 86.9 Å². The van der Waals surface area contributed by atoms with Crippen molar-refractivity contribution in [1.82, 2.24) is 15.3 Å². The standard InChI is InChI=1S/C11H17ClN4O2/c1-3-7(2)16-8(17)4-5-13-10-9(12)11(18)15-6-14-10/h6-7H,3-5H2,1-2H3,(H,16,17)(H2,13,14,15,18). The van der Waals surface area contributed by atoms with E-state index in [1.165, 1.54) is 6.33 Å². The van der Waals surface area contributed by atoms with E-state index in [1.54, 1.807) is 0 Å². The Morgan fingerprint density at radius 3 is 3.00 bits per heavy atom. The Morgan fingerprint density at radius 1 is 1.61 bits per heavy atom. The van der Waals surface area contributed by atoms with Gasteiger partial charge in [0, 0.05) is 19.0 Å². The maximum absolute atomic E-state index is 11.5. The summed E-state index contributed by atoms with van der Waals surface area (Å²) in [5.41, 5.74) is -0.404. The molecule has 100 valence electrons. The minimum Gasteiger partial charge on any atom is -0.368 e. The summed E-state index contributed by atoms with van der Waals surface area (Å²) in [6, 6.07) is 0.166. The average Bonchev–Trinajstić information content (AvgIpc) is 2.34. The predicted molar refractivity (Wildman–Crippen MR) is 70.9 cm³/mol. The molecular formula is C11H17ClN4O2. The predicted octanol–water partition coefficient (Wildman–Crippen LogP) is 1.14. The Hall–Kier alpha value is -1.56. The minimum absolute atomic E-state index is 0.000153. The highest BCUT2D eigenvalue weighted by Gasteiger charge is 2.07. The molecule has 7 heteroatoms. The second kappa shape index (κ2) is 7.00. The van der Waals surface area contributed by atoms with Gasteiger partial charge in [-0.2, -0.15) is 0 Å². The number of hydrogen-bond donors (Lipinski definition) is 3. The molecule has 1 atom stereocenters. The monoisotopic (exact) mass is 272 g/mol. The molecule has 0 saturated heterocycles. The summed E-state index contributed by atoms with van der Waals surface area (Å²) in [4.78, 5) is 28.9. The van der Waals surface area contributed by atoms with Crippen molar-refractivity contribution >= 4 is 23.3 Å². The van der Waals surface area contributed by atoms with Crippen LogP contribution in [-0.4, -0.2) is 28.5 Å². The van der Waals surface area contributed by atoms with Crippen LogP contribution in [0.2, 0.25) is 5.02 Å². The molecule has 1 rings (SSSR count). The first-order valence-corrected chi connectivity index (χ1v) is 6.18. The second-order valence-corrected chi connectivity index (χ2v) is 4.33. The number of amides is 1. The van der Waals surface area contributed by atoms with Crippen LogP contribution in [0.5, 0.6) is 0 Å². The minimum atomic E-state index is -0.404. The van der Waals surface area contributed by atoms with Crippen molar-refractivity contribution in [3.05, 3.63) is 21.7 Å². The second-order valence-electron chi connectivity index (χ2n) is 3.95. The molecule has 0 aliphatic carbocycles. The maximum atomic E-state index is 11.5. The zero-order valence-corrected chi connectivity index (χ0v) is 11.2. The molecular weight excluding hydrogens is 256 g/mol. The van der Waals surface area contributed by atoms with E-state index in [1.807, 2.05) is 13.8 Å². The maximum Gasteiger partial charge on any atom is 0.271 e. The van der Waals surface area contributed by atoms with Crippen LogP contribution in [0, 0.1) is 0 Å². The van der Waals surface area contributed by atoms with E-state index in [0.717, 1.165) is 6.42 Å². The molecule has 0 fully saturated rings. The quantitative estimate of drug-likeness (QED) is 0.725. The van der Waals surface area contributed by atoms with Gasteiger partial charge in [0.1, 0.15) is 5.02 Å². The molecule has 6 nitrogen and oxygen atoms in total. The molecule has 0 aliphatic heterocycles. The number of nitrogens with zero attached hydrogens (tertiary/aromatic N) is 1. The number of rotatable bonds is 6. The number of anilines is 1. The van der Waals surface area contributed by atoms with Gasteiger partial charge in [0.05, 0.1) is 6.33 Å². The largest absolute Gasteiger partial charge is 0.368 e. The van der Waals surface area contributed by atoms with Crippen molar-refractivity contribution in [3.8, 4) is 0 Å². The van der Waals surface area contributed by atoms with E-state index >= 15 is 0 Å². The molecule has 0 aromatic carbocycles. The van der Waals surface area contributed by atoms with Gasteiger partial charge in [-0.25, -0.2) is 4.98 Å². The fourth-order valence-electron chi connectivity index (χ4n) is 1.25. The average molecular weight is 273 g/mol. The number of carbonyl (C=O) groups is 1. The van der Waals surface area contributed by atoms with Crippen LogP contribution >= 0.6 is 11.6 Å². The van der Waals surface area contributed by atoms with E-state index in [9.17, 15) is 9.59 Å². The molecule has 0 saturated carbocycles. The lowest BCUT2D eigenvalue weighted by molar-refractivity contribution is -0.121. The highest BCUT2D eigenvalue weighted by atomic mass is 35.5. The molecule has 18 heavy (non-hydrogen) atoms. The lowest BCUT2D eigenvalue weighted by Crippen LogP contribution is -2.33. The highest BCUT2D eigenvalue weighted by molar-refractivity contribution is 6.32. The van der Waals surface area contributed by atoms with Crippen molar-refractivity contribution in [3.63, 3.8) is 0 Å². The third-order valence-corrected chi connectivity index (χ3v) is 2.81. The van der Waals surface area contributed by atoms with Crippen molar-refractivity contribution < 1.29 is 4.79 Å². The number of H-pyrrole nitrogens is 1. The summed E-state index contributed by atoms with van der Waals surface area (Å²) in [5, 5.41) is 5.69. The van der Waals surface area contributed by atoms with Crippen molar-refractivity contribution in [2.24, 2.45) is 0 Å². The summed E-state index contributed by atoms with van der Waals surface area (Å²) in [6.07, 6.45) is 2.45. The smallest absolute Gasteiger partial charge is 0.271 e. The van der Waals surface area contributed by atoms with Crippen molar-refractivity contribution in [2.45, 2.75) is 32.7 Å². The van der Waals surface area contributed by atoms with Gasteiger partial charge in [-0.1, -0.05) is 18.5 Å². The number of nitrogens with one attached hydrogen (secondary N) is 3. The van der Waals surface area contributed by atoms with Gasteiger partial charge in [0.2, 0.25) is 5.91 Å². The Morgan fingerprint density at radius 2 is 2.33 bits per heavy atom. The van der Waals surface area contributed by atoms with E-state index in [-0.39, 0.29) is 22.8 Å². The van der Waals surface area contributed by atoms with E-state index < -0.39 is 5.56 Å². The highest BCUT2D eigenvalue weighted by Crippen LogP contribution is 2.11. The van der Waals surface area contributed by atoms with E-state index in [4.69, 9.17) is 11.6 Å². The summed E-state index contributed by atoms with van der Waals surface area (Å²) in [6.45, 7) is 4.32. The van der Waals surface area contributed by atoms with Crippen LogP contribution in [0.1, 0.15) is 26.7 Å². The Kier molecular flexibility index (Phi) is 5.64. The van der Waals surface area contributed by atoms with Crippen LogP contribution in [0.25, 0.3) is 0 Å². The van der Waals surface area contributed by atoms with Gasteiger partial charge in [-0.3, -0.25) is 9.59 Å². The molecule has 0 aliphatic rings. The number of aromatic amines is 1. The van der Waals surface area contributed by atoms with Crippen LogP contribution in [0.3, 0.4) is 0 Å². The van der Waals surface area contributed by atoms with Crippen LogP contribution in [-0.2, 0) is 4.79 Å². The van der Waals surface area contributed by atoms with Crippen LogP contribution in [0.15, 0.2) is 11.1 Å². The first-order chi connectivity index (χ1) is 8.54. The molecule has 0 spiro atoms. The fourth-order valence-corrected chi connectivity index (χ4v) is 1.42. The number of aromatic nitrogens is 2. The molecule has 1 aromatic heterocycles. The van der Waals surface area contributed by atoms with Gasteiger partial charge in [0.15, 0.2) is 5.82 Å². The zero-order valence-electron chi connectivity index (χ0n) is 10.4. The SMILES string of the molecule is CCC(C)NC(=O)CCNc1nc[nH]c(=O)c1Cl. The third-order valence-electron chi connectivity index (χ3n) is 2.46. The van der Waals surface area contributed by atoms with E-state index in [0.29, 0.717) is 13.0 Å². The number of carbonyl (C=O) groups excluding carboxylic acids is 1. The Bertz CT molecular complexity index is 461. The van der Waals surface area contributed by atoms with Gasteiger partial charge in [0.25, 0.3) is 5.56 Å². The molecule has 0 radical (unpaired) electrons. The lowest BCUT2D eigenvalue weighted by Gasteiger charge is -2.11. The zero-order chi connectivity index (χ0) is 13.5. The summed E-state index contributed by atoms with van der Waals surface area (Å²) in [7, 11) is 0. The lowest BCUT2D eigenvalue weighted by atomic mass is 10.2. The van der Waals surface area contributed by atoms with Crippen LogP contribution in [0.4, 0.5) is 5.82 Å².